The fourth-order valence-corrected chi connectivity index (χ4v) is 1.63. The maximum absolute atomic E-state index is 12.5. The average molecular weight is 289 g/mol. The Bertz CT molecular complexity index is 635. The topological polar surface area (TPSA) is 34.9 Å². The summed E-state index contributed by atoms with van der Waals surface area (Å²) in [6.45, 7) is 0.00687. The Hall–Kier alpha value is -1.82. The fraction of sp³-hybridized carbons (Fsp3) is 0.167. The second kappa shape index (κ2) is 5.05. The first kappa shape index (κ1) is 13.6. The highest BCUT2D eigenvalue weighted by Gasteiger charge is 2.30. The molecule has 3 nitrogen and oxygen atoms in total. The SMILES string of the molecule is O=c1ccc(C(F)(F)F)cn1Cc1ccc(Cl)nc1. The van der Waals surface area contributed by atoms with Crippen LogP contribution < -0.4 is 5.56 Å². The molecule has 2 heterocycles. The maximum atomic E-state index is 12.5. The molecule has 0 saturated carbocycles. The number of pyridine rings is 2. The second-order valence-electron chi connectivity index (χ2n) is 3.87. The van der Waals surface area contributed by atoms with Gasteiger partial charge < -0.3 is 4.57 Å². The summed E-state index contributed by atoms with van der Waals surface area (Å²) in [5, 5.41) is 0.278. The monoisotopic (exact) mass is 288 g/mol. The largest absolute Gasteiger partial charge is 0.417 e. The third kappa shape index (κ3) is 3.35. The maximum Gasteiger partial charge on any atom is 0.417 e. The highest BCUT2D eigenvalue weighted by atomic mass is 35.5. The van der Waals surface area contributed by atoms with Crippen molar-refractivity contribution in [2.75, 3.05) is 0 Å². The van der Waals surface area contributed by atoms with Gasteiger partial charge in [0, 0.05) is 18.5 Å². The first-order chi connectivity index (χ1) is 8.86. The van der Waals surface area contributed by atoms with Gasteiger partial charge in [0.15, 0.2) is 0 Å². The van der Waals surface area contributed by atoms with Gasteiger partial charge in [-0.3, -0.25) is 4.79 Å². The van der Waals surface area contributed by atoms with Crippen LogP contribution >= 0.6 is 11.6 Å². The van der Waals surface area contributed by atoms with Crippen molar-refractivity contribution in [1.29, 1.82) is 0 Å². The standard InChI is InChI=1S/C12H8ClF3N2O/c13-10-3-1-8(5-17-10)6-18-7-9(12(14,15)16)2-4-11(18)19/h1-5,7H,6H2. The molecule has 0 unspecified atom stereocenters. The van der Waals surface area contributed by atoms with E-state index in [4.69, 9.17) is 11.6 Å². The lowest BCUT2D eigenvalue weighted by atomic mass is 10.2. The van der Waals surface area contributed by atoms with Crippen molar-refractivity contribution in [3.8, 4) is 0 Å². The van der Waals surface area contributed by atoms with Gasteiger partial charge in [0.05, 0.1) is 12.1 Å². The summed E-state index contributed by atoms with van der Waals surface area (Å²) in [4.78, 5) is 15.3. The number of hydrogen-bond acceptors (Lipinski definition) is 2. The Morgan fingerprint density at radius 2 is 1.95 bits per heavy atom. The van der Waals surface area contributed by atoms with E-state index in [-0.39, 0.29) is 11.7 Å². The van der Waals surface area contributed by atoms with Crippen LogP contribution in [0.1, 0.15) is 11.1 Å². The number of halogens is 4. The first-order valence-corrected chi connectivity index (χ1v) is 5.62. The molecular weight excluding hydrogens is 281 g/mol. The Morgan fingerprint density at radius 1 is 1.21 bits per heavy atom. The molecule has 0 N–H and O–H groups in total. The molecular formula is C12H8ClF3N2O. The zero-order valence-electron chi connectivity index (χ0n) is 9.49. The van der Waals surface area contributed by atoms with E-state index in [1.807, 2.05) is 0 Å². The molecule has 0 aromatic carbocycles. The van der Waals surface area contributed by atoms with Crippen LogP contribution in [0.15, 0.2) is 41.5 Å². The van der Waals surface area contributed by atoms with E-state index in [1.54, 1.807) is 6.07 Å². The smallest absolute Gasteiger partial charge is 0.310 e. The molecule has 2 rings (SSSR count). The van der Waals surface area contributed by atoms with E-state index in [9.17, 15) is 18.0 Å². The van der Waals surface area contributed by atoms with Gasteiger partial charge >= 0.3 is 6.18 Å². The molecule has 0 atom stereocenters. The van der Waals surface area contributed by atoms with E-state index in [1.165, 1.54) is 12.3 Å². The average Bonchev–Trinajstić information content (AvgIpc) is 2.33. The molecule has 0 radical (unpaired) electrons. The molecule has 0 amide bonds. The van der Waals surface area contributed by atoms with Crippen LogP contribution in [0.4, 0.5) is 13.2 Å². The molecule has 0 bridgehead atoms. The van der Waals surface area contributed by atoms with Crippen LogP contribution in [0.25, 0.3) is 0 Å². The summed E-state index contributed by atoms with van der Waals surface area (Å²) in [6.07, 6.45) is -2.28. The van der Waals surface area contributed by atoms with Crippen molar-refractivity contribution in [3.05, 3.63) is 63.3 Å². The Balaban J connectivity index is 2.34. The van der Waals surface area contributed by atoms with Crippen LogP contribution in [-0.4, -0.2) is 9.55 Å². The summed E-state index contributed by atoms with van der Waals surface area (Å²) >= 11 is 5.60. The number of rotatable bonds is 2. The summed E-state index contributed by atoms with van der Waals surface area (Å²) in [5.74, 6) is 0. The van der Waals surface area contributed by atoms with E-state index < -0.39 is 17.3 Å². The van der Waals surface area contributed by atoms with Gasteiger partial charge in [-0.1, -0.05) is 17.7 Å². The van der Waals surface area contributed by atoms with Crippen LogP contribution in [-0.2, 0) is 12.7 Å². The van der Waals surface area contributed by atoms with Crippen LogP contribution in [0, 0.1) is 0 Å². The lowest BCUT2D eigenvalue weighted by molar-refractivity contribution is -0.138. The van der Waals surface area contributed by atoms with Crippen molar-refractivity contribution in [1.82, 2.24) is 9.55 Å². The minimum Gasteiger partial charge on any atom is -0.310 e. The van der Waals surface area contributed by atoms with Crippen molar-refractivity contribution in [2.45, 2.75) is 12.7 Å². The molecule has 7 heteroatoms. The molecule has 2 aromatic heterocycles. The highest BCUT2D eigenvalue weighted by Crippen LogP contribution is 2.28. The fourth-order valence-electron chi connectivity index (χ4n) is 1.52. The Morgan fingerprint density at radius 3 is 2.53 bits per heavy atom. The van der Waals surface area contributed by atoms with Crippen molar-refractivity contribution in [3.63, 3.8) is 0 Å². The van der Waals surface area contributed by atoms with E-state index in [0.29, 0.717) is 5.56 Å². The van der Waals surface area contributed by atoms with Gasteiger partial charge in [-0.25, -0.2) is 4.98 Å². The molecule has 0 aliphatic rings. The normalized spacial score (nSPS) is 11.6. The Labute approximate surface area is 111 Å². The summed E-state index contributed by atoms with van der Waals surface area (Å²) < 4.78 is 38.6. The summed E-state index contributed by atoms with van der Waals surface area (Å²) in [7, 11) is 0. The third-order valence-electron chi connectivity index (χ3n) is 2.45. The zero-order chi connectivity index (χ0) is 14.0. The third-order valence-corrected chi connectivity index (χ3v) is 2.68. The number of alkyl halides is 3. The molecule has 0 aliphatic carbocycles. The second-order valence-corrected chi connectivity index (χ2v) is 4.26. The zero-order valence-corrected chi connectivity index (χ0v) is 10.2. The van der Waals surface area contributed by atoms with Gasteiger partial charge in [-0.05, 0) is 17.7 Å². The summed E-state index contributed by atoms with van der Waals surface area (Å²) in [5.41, 5.74) is -0.789. The van der Waals surface area contributed by atoms with Crippen LogP contribution in [0.5, 0.6) is 0 Å². The summed E-state index contributed by atoms with van der Waals surface area (Å²) in [6, 6.07) is 4.77. The van der Waals surface area contributed by atoms with Gasteiger partial charge in [0.25, 0.3) is 5.56 Å². The number of hydrogen-bond donors (Lipinski definition) is 0. The van der Waals surface area contributed by atoms with Crippen LogP contribution in [0.3, 0.4) is 0 Å². The van der Waals surface area contributed by atoms with E-state index in [0.717, 1.165) is 22.9 Å². The molecule has 0 fully saturated rings. The number of aromatic nitrogens is 2. The Kier molecular flexibility index (Phi) is 3.61. The van der Waals surface area contributed by atoms with Gasteiger partial charge in [0.2, 0.25) is 0 Å². The number of nitrogens with zero attached hydrogens (tertiary/aromatic N) is 2. The van der Waals surface area contributed by atoms with Crippen molar-refractivity contribution < 1.29 is 13.2 Å². The van der Waals surface area contributed by atoms with Crippen LogP contribution in [0.2, 0.25) is 5.15 Å². The quantitative estimate of drug-likeness (QED) is 0.796. The molecule has 0 spiro atoms. The van der Waals surface area contributed by atoms with Gasteiger partial charge in [-0.15, -0.1) is 0 Å². The molecule has 19 heavy (non-hydrogen) atoms. The van der Waals surface area contributed by atoms with Gasteiger partial charge in [0.1, 0.15) is 5.15 Å². The predicted molar refractivity (Wildman–Crippen MR) is 64.1 cm³/mol. The van der Waals surface area contributed by atoms with Gasteiger partial charge in [-0.2, -0.15) is 13.2 Å². The molecule has 0 saturated heterocycles. The minimum atomic E-state index is -4.48. The first-order valence-electron chi connectivity index (χ1n) is 5.24. The van der Waals surface area contributed by atoms with Crippen molar-refractivity contribution in [2.24, 2.45) is 0 Å². The lowest BCUT2D eigenvalue weighted by Crippen LogP contribution is -2.21. The predicted octanol–water partition coefficient (Wildman–Crippen LogP) is 2.96. The minimum absolute atomic E-state index is 0.00687. The van der Waals surface area contributed by atoms with Crippen molar-refractivity contribution >= 4 is 11.6 Å². The van der Waals surface area contributed by atoms with E-state index >= 15 is 0 Å². The van der Waals surface area contributed by atoms with E-state index in [2.05, 4.69) is 4.98 Å². The highest BCUT2D eigenvalue weighted by molar-refractivity contribution is 6.29. The molecule has 0 aliphatic heterocycles. The molecule has 2 aromatic rings. The lowest BCUT2D eigenvalue weighted by Gasteiger charge is -2.10. The molecule has 100 valence electrons.